The maximum Gasteiger partial charge on any atom is 0.257 e. The first-order valence-electron chi connectivity index (χ1n) is 10.9. The zero-order valence-electron chi connectivity index (χ0n) is 18.1. The van der Waals surface area contributed by atoms with Gasteiger partial charge in [-0.2, -0.15) is 4.39 Å². The van der Waals surface area contributed by atoms with Gasteiger partial charge in [-0.05, 0) is 61.4 Å². The standard InChI is InChI=1S/C25H25ClFN3O2/c1-15-20(30-24(27)23(31-2)22(15)26)14-29-25(10-11-25)19-13-28-12-9-17(19)18-5-3-4-6-21(18)32-16-7-8-16/h3-6,9,12-13,16,29H,7-8,10-11,14H2,1-2H3. The predicted octanol–water partition coefficient (Wildman–Crippen LogP) is 5.57. The Bertz CT molecular complexity index is 1160. The molecule has 5 rings (SSSR count). The predicted molar refractivity (Wildman–Crippen MR) is 122 cm³/mol. The van der Waals surface area contributed by atoms with E-state index in [0.717, 1.165) is 48.1 Å². The van der Waals surface area contributed by atoms with Gasteiger partial charge in [0.2, 0.25) is 0 Å². The third kappa shape index (κ3) is 3.93. The number of benzene rings is 1. The summed E-state index contributed by atoms with van der Waals surface area (Å²) >= 11 is 6.30. The van der Waals surface area contributed by atoms with Crippen LogP contribution in [0.5, 0.6) is 11.5 Å². The van der Waals surface area contributed by atoms with E-state index in [2.05, 4.69) is 21.4 Å². The minimum Gasteiger partial charge on any atom is -0.491 e. The van der Waals surface area contributed by atoms with Gasteiger partial charge in [-0.3, -0.25) is 4.98 Å². The van der Waals surface area contributed by atoms with E-state index in [1.165, 1.54) is 7.11 Å². The van der Waals surface area contributed by atoms with E-state index in [1.807, 2.05) is 43.6 Å². The number of nitrogens with one attached hydrogen (secondary N) is 1. The average molecular weight is 454 g/mol. The van der Waals surface area contributed by atoms with Crippen LogP contribution >= 0.6 is 11.6 Å². The highest BCUT2D eigenvalue weighted by Crippen LogP contribution is 2.50. The summed E-state index contributed by atoms with van der Waals surface area (Å²) in [5.74, 6) is 0.189. The minimum atomic E-state index is -0.696. The van der Waals surface area contributed by atoms with E-state index in [1.54, 1.807) is 0 Å². The lowest BCUT2D eigenvalue weighted by atomic mass is 9.94. The summed E-state index contributed by atoms with van der Waals surface area (Å²) in [6.45, 7) is 2.22. The van der Waals surface area contributed by atoms with Crippen molar-refractivity contribution < 1.29 is 13.9 Å². The molecule has 0 aliphatic heterocycles. The van der Waals surface area contributed by atoms with E-state index in [-0.39, 0.29) is 16.3 Å². The maximum atomic E-state index is 14.3. The molecule has 2 saturated carbocycles. The van der Waals surface area contributed by atoms with E-state index in [4.69, 9.17) is 21.1 Å². The summed E-state index contributed by atoms with van der Waals surface area (Å²) in [5, 5.41) is 3.87. The molecule has 32 heavy (non-hydrogen) atoms. The van der Waals surface area contributed by atoms with Crippen molar-refractivity contribution >= 4 is 11.6 Å². The summed E-state index contributed by atoms with van der Waals surface area (Å²) in [7, 11) is 1.39. The van der Waals surface area contributed by atoms with Crippen LogP contribution in [0.25, 0.3) is 11.1 Å². The van der Waals surface area contributed by atoms with Gasteiger partial charge in [0.1, 0.15) is 5.75 Å². The molecule has 3 aromatic rings. The quantitative estimate of drug-likeness (QED) is 0.451. The molecular weight excluding hydrogens is 429 g/mol. The molecule has 166 valence electrons. The molecule has 1 N–H and O–H groups in total. The molecule has 7 heteroatoms. The molecule has 1 aromatic carbocycles. The van der Waals surface area contributed by atoms with Crippen LogP contribution < -0.4 is 14.8 Å². The zero-order valence-corrected chi connectivity index (χ0v) is 18.9. The fourth-order valence-corrected chi connectivity index (χ4v) is 4.34. The van der Waals surface area contributed by atoms with Gasteiger partial charge < -0.3 is 14.8 Å². The molecule has 0 bridgehead atoms. The summed E-state index contributed by atoms with van der Waals surface area (Å²) in [6, 6.07) is 10.2. The van der Waals surface area contributed by atoms with Gasteiger partial charge in [0.15, 0.2) is 5.75 Å². The Morgan fingerprint density at radius 3 is 2.69 bits per heavy atom. The normalized spacial score (nSPS) is 16.6. The van der Waals surface area contributed by atoms with Crippen molar-refractivity contribution in [3.05, 3.63) is 70.5 Å². The number of rotatable bonds is 8. The van der Waals surface area contributed by atoms with Crippen molar-refractivity contribution in [1.82, 2.24) is 15.3 Å². The van der Waals surface area contributed by atoms with Crippen molar-refractivity contribution in [2.45, 2.75) is 50.8 Å². The van der Waals surface area contributed by atoms with Crippen LogP contribution in [0.3, 0.4) is 0 Å². The van der Waals surface area contributed by atoms with Crippen molar-refractivity contribution in [3.8, 4) is 22.6 Å². The van der Waals surface area contributed by atoms with E-state index >= 15 is 0 Å². The van der Waals surface area contributed by atoms with Gasteiger partial charge in [0, 0.05) is 30.0 Å². The fraction of sp³-hybridized carbons (Fsp3) is 0.360. The Labute approximate surface area is 192 Å². The lowest BCUT2D eigenvalue weighted by molar-refractivity contribution is 0.304. The number of pyridine rings is 2. The summed E-state index contributed by atoms with van der Waals surface area (Å²) in [4.78, 5) is 8.50. The highest BCUT2D eigenvalue weighted by atomic mass is 35.5. The number of halogens is 2. The van der Waals surface area contributed by atoms with Gasteiger partial charge in [-0.25, -0.2) is 4.98 Å². The highest BCUT2D eigenvalue weighted by Gasteiger charge is 2.46. The molecular formula is C25H25ClFN3O2. The van der Waals surface area contributed by atoms with Crippen LogP contribution in [-0.2, 0) is 12.1 Å². The van der Waals surface area contributed by atoms with Gasteiger partial charge in [-0.1, -0.05) is 29.8 Å². The Kier molecular flexibility index (Phi) is 5.51. The van der Waals surface area contributed by atoms with Gasteiger partial charge in [-0.15, -0.1) is 0 Å². The summed E-state index contributed by atoms with van der Waals surface area (Å²) < 4.78 is 25.5. The smallest absolute Gasteiger partial charge is 0.257 e. The first-order chi connectivity index (χ1) is 15.5. The van der Waals surface area contributed by atoms with Crippen molar-refractivity contribution in [3.63, 3.8) is 0 Å². The van der Waals surface area contributed by atoms with Crippen molar-refractivity contribution in [1.29, 1.82) is 0 Å². The molecule has 2 aromatic heterocycles. The van der Waals surface area contributed by atoms with Crippen molar-refractivity contribution in [2.75, 3.05) is 7.11 Å². The van der Waals surface area contributed by atoms with E-state index in [0.29, 0.717) is 23.9 Å². The van der Waals surface area contributed by atoms with Crippen LogP contribution in [0, 0.1) is 12.9 Å². The molecule has 2 aliphatic rings. The average Bonchev–Trinajstić information content (AvgIpc) is 3.73. The molecule has 0 atom stereocenters. The second-order valence-corrected chi connectivity index (χ2v) is 8.87. The molecule has 0 unspecified atom stereocenters. The second-order valence-electron chi connectivity index (χ2n) is 8.49. The topological polar surface area (TPSA) is 56.3 Å². The number of methoxy groups -OCH3 is 1. The minimum absolute atomic E-state index is 0.0177. The van der Waals surface area contributed by atoms with Crippen LogP contribution in [0.15, 0.2) is 42.7 Å². The SMILES string of the molecule is COc1c(F)nc(CNC2(c3cnccc3-c3ccccc3OC3CC3)CC2)c(C)c1Cl. The second kappa shape index (κ2) is 8.34. The largest absolute Gasteiger partial charge is 0.491 e. The summed E-state index contributed by atoms with van der Waals surface area (Å²) in [6.07, 6.45) is 8.19. The van der Waals surface area contributed by atoms with Gasteiger partial charge in [0.05, 0.1) is 23.9 Å². The molecule has 0 amide bonds. The molecule has 2 fully saturated rings. The Morgan fingerprint density at radius 1 is 1.19 bits per heavy atom. The summed E-state index contributed by atoms with van der Waals surface area (Å²) in [5.41, 5.74) is 4.32. The lowest BCUT2D eigenvalue weighted by Gasteiger charge is -2.23. The number of hydrogen-bond donors (Lipinski definition) is 1. The third-order valence-corrected chi connectivity index (χ3v) is 6.72. The van der Waals surface area contributed by atoms with Crippen LogP contribution in [0.1, 0.15) is 42.5 Å². The lowest BCUT2D eigenvalue weighted by Crippen LogP contribution is -2.30. The molecule has 0 radical (unpaired) electrons. The maximum absolute atomic E-state index is 14.3. The zero-order chi connectivity index (χ0) is 22.3. The first-order valence-corrected chi connectivity index (χ1v) is 11.2. The number of hydrogen-bond acceptors (Lipinski definition) is 5. The monoisotopic (exact) mass is 453 g/mol. The van der Waals surface area contributed by atoms with E-state index < -0.39 is 5.95 Å². The molecule has 5 nitrogen and oxygen atoms in total. The van der Waals surface area contributed by atoms with Crippen LogP contribution in [-0.4, -0.2) is 23.2 Å². The third-order valence-electron chi connectivity index (χ3n) is 6.26. The molecule has 0 saturated heterocycles. The Hall–Kier alpha value is -2.70. The van der Waals surface area contributed by atoms with Crippen molar-refractivity contribution in [2.24, 2.45) is 0 Å². The number of nitrogens with zero attached hydrogens (tertiary/aromatic N) is 2. The number of aromatic nitrogens is 2. The fourth-order valence-electron chi connectivity index (χ4n) is 4.07. The van der Waals surface area contributed by atoms with Crippen LogP contribution in [0.2, 0.25) is 5.02 Å². The molecule has 2 aliphatic carbocycles. The Balaban J connectivity index is 1.45. The number of para-hydroxylation sites is 1. The molecule has 2 heterocycles. The first kappa shape index (κ1) is 21.2. The Morgan fingerprint density at radius 2 is 1.97 bits per heavy atom. The van der Waals surface area contributed by atoms with Gasteiger partial charge in [0.25, 0.3) is 5.95 Å². The van der Waals surface area contributed by atoms with Crippen LogP contribution in [0.4, 0.5) is 4.39 Å². The highest BCUT2D eigenvalue weighted by molar-refractivity contribution is 6.32. The molecule has 0 spiro atoms. The van der Waals surface area contributed by atoms with E-state index in [9.17, 15) is 4.39 Å². The number of ether oxygens (including phenoxy) is 2. The van der Waals surface area contributed by atoms with Gasteiger partial charge >= 0.3 is 0 Å².